The molecule has 0 amide bonds. The zero-order valence-electron chi connectivity index (χ0n) is 14.3. The summed E-state index contributed by atoms with van der Waals surface area (Å²) in [7, 11) is -5.11. The first-order valence-electron chi connectivity index (χ1n) is 7.89. The maximum Gasteiger partial charge on any atom is 0.283 e. The Bertz CT molecular complexity index is 1210. The molecule has 0 aliphatic carbocycles. The molecule has 3 aromatic rings. The molecular formula is C19H12Cl4O5S. The molecule has 10 heteroatoms. The first kappa shape index (κ1) is 22.0. The molecular weight excluding hydrogens is 482 g/mol. The molecule has 3 rings (SSSR count). The van der Waals surface area contributed by atoms with Crippen molar-refractivity contribution in [2.45, 2.75) is 4.75 Å². The van der Waals surface area contributed by atoms with Crippen LogP contribution in [0, 0.1) is 0 Å². The number of halogens is 4. The largest absolute Gasteiger partial charge is 0.508 e. The molecule has 0 aliphatic heterocycles. The summed E-state index contributed by atoms with van der Waals surface area (Å²) in [6.07, 6.45) is 0. The second kappa shape index (κ2) is 7.87. The van der Waals surface area contributed by atoms with Crippen molar-refractivity contribution < 1.29 is 23.2 Å². The number of phenolic OH excluding ortho intramolecular Hbond substituents is 2. The Morgan fingerprint density at radius 3 is 2.00 bits per heavy atom. The highest BCUT2D eigenvalue weighted by atomic mass is 35.5. The fourth-order valence-corrected chi connectivity index (χ4v) is 5.34. The smallest absolute Gasteiger partial charge is 0.283 e. The summed E-state index contributed by atoms with van der Waals surface area (Å²) >= 11 is 24.5. The van der Waals surface area contributed by atoms with Gasteiger partial charge in [0, 0.05) is 17.2 Å². The van der Waals surface area contributed by atoms with E-state index in [0.717, 1.165) is 18.2 Å². The van der Waals surface area contributed by atoms with Gasteiger partial charge in [0.15, 0.2) is 4.75 Å². The van der Waals surface area contributed by atoms with E-state index >= 15 is 0 Å². The van der Waals surface area contributed by atoms with Crippen LogP contribution < -0.4 is 0 Å². The Morgan fingerprint density at radius 1 is 0.759 bits per heavy atom. The molecule has 0 saturated heterocycles. The van der Waals surface area contributed by atoms with E-state index in [1.165, 1.54) is 36.4 Å². The molecule has 5 nitrogen and oxygen atoms in total. The van der Waals surface area contributed by atoms with E-state index in [-0.39, 0.29) is 42.5 Å². The Balaban J connectivity index is 2.63. The number of hydrogen-bond donors (Lipinski definition) is 3. The molecule has 0 radical (unpaired) electrons. The third kappa shape index (κ3) is 3.65. The van der Waals surface area contributed by atoms with Crippen molar-refractivity contribution in [3.05, 3.63) is 91.4 Å². The highest BCUT2D eigenvalue weighted by molar-refractivity contribution is 7.87. The summed E-state index contributed by atoms with van der Waals surface area (Å²) in [5, 5.41) is 20.3. The maximum absolute atomic E-state index is 13.0. The van der Waals surface area contributed by atoms with Crippen LogP contribution in [0.5, 0.6) is 11.5 Å². The van der Waals surface area contributed by atoms with Gasteiger partial charge in [0.1, 0.15) is 11.5 Å². The Hall–Kier alpha value is -1.67. The van der Waals surface area contributed by atoms with Crippen molar-refractivity contribution in [3.63, 3.8) is 0 Å². The lowest BCUT2D eigenvalue weighted by molar-refractivity contribution is 0.439. The van der Waals surface area contributed by atoms with Crippen LogP contribution in [0.15, 0.2) is 54.6 Å². The molecule has 152 valence electrons. The zero-order valence-corrected chi connectivity index (χ0v) is 18.1. The summed E-state index contributed by atoms with van der Waals surface area (Å²) in [5.41, 5.74) is -0.601. The summed E-state index contributed by atoms with van der Waals surface area (Å²) in [4.78, 5) is 0. The van der Waals surface area contributed by atoms with Crippen LogP contribution >= 0.6 is 46.4 Å². The standard InChI is InChI=1S/C19H12Cl4O5S/c20-14-6-2-5-12(18(14)23)19(29(26,27)28,10-3-1-4-11(24)7-10)13-8-15(21)16(22)9-17(13)25/h1-9,24-25H,(H,26,27,28). The van der Waals surface area contributed by atoms with Gasteiger partial charge in [-0.3, -0.25) is 4.55 Å². The number of aromatic hydroxyl groups is 2. The summed E-state index contributed by atoms with van der Waals surface area (Å²) in [6.45, 7) is 0. The molecule has 1 atom stereocenters. The topological polar surface area (TPSA) is 94.8 Å². The van der Waals surface area contributed by atoms with Gasteiger partial charge in [-0.15, -0.1) is 0 Å². The Morgan fingerprint density at radius 2 is 1.38 bits per heavy atom. The number of hydrogen-bond acceptors (Lipinski definition) is 4. The molecule has 1 unspecified atom stereocenters. The van der Waals surface area contributed by atoms with Crippen LogP contribution in [0.3, 0.4) is 0 Å². The molecule has 3 aromatic carbocycles. The third-order valence-corrected chi connectivity index (χ3v) is 7.38. The SMILES string of the molecule is O=S(=O)(O)C(c1cccc(O)c1)(c1cc(Cl)c(Cl)cc1O)c1cccc(Cl)c1Cl. The first-order chi connectivity index (χ1) is 13.5. The highest BCUT2D eigenvalue weighted by Crippen LogP contribution is 2.51. The average molecular weight is 494 g/mol. The molecule has 29 heavy (non-hydrogen) atoms. The lowest BCUT2D eigenvalue weighted by Crippen LogP contribution is -2.38. The molecule has 0 fully saturated rings. The number of phenols is 2. The minimum absolute atomic E-state index is 0.0110. The van der Waals surface area contributed by atoms with E-state index in [2.05, 4.69) is 0 Å². The quantitative estimate of drug-likeness (QED) is 0.311. The monoisotopic (exact) mass is 492 g/mol. The fourth-order valence-electron chi connectivity index (χ4n) is 3.20. The molecule has 0 saturated carbocycles. The van der Waals surface area contributed by atoms with E-state index in [0.29, 0.717) is 0 Å². The van der Waals surface area contributed by atoms with E-state index < -0.39 is 20.6 Å². The van der Waals surface area contributed by atoms with Crippen LogP contribution in [0.4, 0.5) is 0 Å². The first-order valence-corrected chi connectivity index (χ1v) is 10.8. The normalized spacial score (nSPS) is 13.8. The van der Waals surface area contributed by atoms with E-state index in [1.807, 2.05) is 0 Å². The minimum atomic E-state index is -5.11. The maximum atomic E-state index is 13.0. The van der Waals surface area contributed by atoms with Gasteiger partial charge in [-0.2, -0.15) is 8.42 Å². The van der Waals surface area contributed by atoms with Crippen LogP contribution in [0.2, 0.25) is 20.1 Å². The summed E-state index contributed by atoms with van der Waals surface area (Å²) < 4.78 is 33.9. The van der Waals surface area contributed by atoms with Gasteiger partial charge in [-0.1, -0.05) is 70.7 Å². The van der Waals surface area contributed by atoms with Crippen LogP contribution in [0.1, 0.15) is 16.7 Å². The fraction of sp³-hybridized carbons (Fsp3) is 0.0526. The average Bonchev–Trinajstić information content (AvgIpc) is 2.62. The van der Waals surface area contributed by atoms with Gasteiger partial charge in [0.2, 0.25) is 0 Å². The highest BCUT2D eigenvalue weighted by Gasteiger charge is 2.51. The van der Waals surface area contributed by atoms with Gasteiger partial charge in [-0.05, 0) is 29.8 Å². The lowest BCUT2D eigenvalue weighted by Gasteiger charge is -2.34. The summed E-state index contributed by atoms with van der Waals surface area (Å²) in [5.74, 6) is -0.857. The van der Waals surface area contributed by atoms with Crippen molar-refractivity contribution in [1.82, 2.24) is 0 Å². The second-order valence-electron chi connectivity index (χ2n) is 6.09. The molecule has 0 spiro atoms. The van der Waals surface area contributed by atoms with Crippen LogP contribution in [-0.2, 0) is 14.9 Å². The predicted molar refractivity (Wildman–Crippen MR) is 114 cm³/mol. The number of rotatable bonds is 4. The van der Waals surface area contributed by atoms with Gasteiger partial charge >= 0.3 is 0 Å². The summed E-state index contributed by atoms with van der Waals surface area (Å²) in [6, 6.07) is 11.5. The van der Waals surface area contributed by atoms with Crippen LogP contribution in [-0.4, -0.2) is 23.2 Å². The molecule has 0 heterocycles. The minimum Gasteiger partial charge on any atom is -0.508 e. The van der Waals surface area contributed by atoms with Gasteiger partial charge in [-0.25, -0.2) is 0 Å². The van der Waals surface area contributed by atoms with Gasteiger partial charge in [0.25, 0.3) is 10.1 Å². The van der Waals surface area contributed by atoms with Crippen molar-refractivity contribution in [2.24, 2.45) is 0 Å². The molecule has 0 aromatic heterocycles. The molecule has 0 bridgehead atoms. The number of benzene rings is 3. The van der Waals surface area contributed by atoms with E-state index in [1.54, 1.807) is 0 Å². The van der Waals surface area contributed by atoms with E-state index in [4.69, 9.17) is 46.4 Å². The zero-order chi connectivity index (χ0) is 21.6. The Kier molecular flexibility index (Phi) is 5.98. The lowest BCUT2D eigenvalue weighted by atomic mass is 9.83. The van der Waals surface area contributed by atoms with Gasteiger partial charge in [0.05, 0.1) is 20.1 Å². The molecule has 0 aliphatic rings. The Labute approximate surface area is 186 Å². The molecule has 3 N–H and O–H groups in total. The van der Waals surface area contributed by atoms with Crippen LogP contribution in [0.25, 0.3) is 0 Å². The van der Waals surface area contributed by atoms with E-state index in [9.17, 15) is 23.2 Å². The second-order valence-corrected chi connectivity index (χ2v) is 9.25. The predicted octanol–water partition coefficient (Wildman–Crippen LogP) is 5.89. The van der Waals surface area contributed by atoms with Crippen molar-refractivity contribution >= 4 is 56.5 Å². The van der Waals surface area contributed by atoms with Crippen molar-refractivity contribution in [1.29, 1.82) is 0 Å². The van der Waals surface area contributed by atoms with Gasteiger partial charge < -0.3 is 10.2 Å². The van der Waals surface area contributed by atoms with Crippen molar-refractivity contribution in [2.75, 3.05) is 0 Å². The van der Waals surface area contributed by atoms with Crippen molar-refractivity contribution in [3.8, 4) is 11.5 Å². The third-order valence-electron chi connectivity index (χ3n) is 4.39.